The lowest BCUT2D eigenvalue weighted by atomic mass is 10.2. The molecule has 23 heavy (non-hydrogen) atoms. The summed E-state index contributed by atoms with van der Waals surface area (Å²) in [7, 11) is -3.52. The molecule has 0 bridgehead atoms. The molecule has 0 N–H and O–H groups in total. The summed E-state index contributed by atoms with van der Waals surface area (Å²) in [6.07, 6.45) is 0. The van der Waals surface area contributed by atoms with E-state index in [0.717, 1.165) is 21.8 Å². The minimum absolute atomic E-state index is 0.0197. The summed E-state index contributed by atoms with van der Waals surface area (Å²) in [6, 6.07) is 5.02. The first-order chi connectivity index (χ1) is 10.9. The van der Waals surface area contributed by atoms with E-state index >= 15 is 0 Å². The molecule has 1 amide bonds. The molecule has 3 heterocycles. The Morgan fingerprint density at radius 1 is 1.17 bits per heavy atom. The van der Waals surface area contributed by atoms with Crippen molar-refractivity contribution in [3.8, 4) is 0 Å². The molecule has 0 atom stereocenters. The van der Waals surface area contributed by atoms with Crippen molar-refractivity contribution in [1.82, 2.24) is 9.21 Å². The van der Waals surface area contributed by atoms with Crippen LogP contribution in [0.15, 0.2) is 27.8 Å². The predicted octanol–water partition coefficient (Wildman–Crippen LogP) is 2.92. The molecular formula is C14H15ClN2O3S3. The third-order valence-electron chi connectivity index (χ3n) is 3.72. The van der Waals surface area contributed by atoms with E-state index in [-0.39, 0.29) is 10.1 Å². The van der Waals surface area contributed by atoms with Crippen LogP contribution in [0.3, 0.4) is 0 Å². The zero-order valence-electron chi connectivity index (χ0n) is 12.4. The van der Waals surface area contributed by atoms with Crippen molar-refractivity contribution in [1.29, 1.82) is 0 Å². The Morgan fingerprint density at radius 3 is 2.39 bits per heavy atom. The Bertz CT molecular complexity index is 820. The van der Waals surface area contributed by atoms with Crippen LogP contribution in [-0.2, 0) is 10.0 Å². The fourth-order valence-corrected chi connectivity index (χ4v) is 6.38. The highest BCUT2D eigenvalue weighted by Crippen LogP contribution is 2.29. The topological polar surface area (TPSA) is 57.7 Å². The number of nitrogens with zero attached hydrogens (tertiary/aromatic N) is 2. The highest BCUT2D eigenvalue weighted by atomic mass is 35.5. The molecule has 2 aromatic rings. The second-order valence-corrected chi connectivity index (χ2v) is 9.98. The number of carbonyl (C=O) groups excluding carboxylic acids is 1. The number of hydrogen-bond acceptors (Lipinski definition) is 5. The number of carbonyl (C=O) groups is 1. The van der Waals surface area contributed by atoms with E-state index in [1.54, 1.807) is 11.0 Å². The van der Waals surface area contributed by atoms with Gasteiger partial charge in [-0.3, -0.25) is 4.79 Å². The van der Waals surface area contributed by atoms with Crippen molar-refractivity contribution < 1.29 is 13.2 Å². The first-order valence-corrected chi connectivity index (χ1v) is 10.5. The van der Waals surface area contributed by atoms with Gasteiger partial charge in [-0.2, -0.15) is 4.31 Å². The number of sulfonamides is 1. The van der Waals surface area contributed by atoms with Crippen LogP contribution in [0.5, 0.6) is 0 Å². The van der Waals surface area contributed by atoms with Crippen LogP contribution in [0.2, 0.25) is 4.34 Å². The zero-order valence-corrected chi connectivity index (χ0v) is 15.6. The third kappa shape index (κ3) is 3.32. The van der Waals surface area contributed by atoms with Crippen LogP contribution >= 0.6 is 34.3 Å². The molecule has 0 spiro atoms. The first-order valence-electron chi connectivity index (χ1n) is 6.98. The number of aryl methyl sites for hydroxylation is 1. The minimum atomic E-state index is -3.52. The number of amides is 1. The van der Waals surface area contributed by atoms with Gasteiger partial charge in [-0.25, -0.2) is 8.42 Å². The van der Waals surface area contributed by atoms with Crippen LogP contribution in [0.1, 0.15) is 15.2 Å². The molecule has 0 radical (unpaired) electrons. The first kappa shape index (κ1) is 16.9. The van der Waals surface area contributed by atoms with Crippen molar-refractivity contribution in [2.24, 2.45) is 0 Å². The second kappa shape index (κ2) is 6.52. The average Bonchev–Trinajstić information content (AvgIpc) is 3.15. The molecule has 0 aromatic carbocycles. The van der Waals surface area contributed by atoms with Crippen molar-refractivity contribution in [2.75, 3.05) is 26.2 Å². The van der Waals surface area contributed by atoms with Crippen LogP contribution in [0.25, 0.3) is 0 Å². The molecule has 1 saturated heterocycles. The summed E-state index contributed by atoms with van der Waals surface area (Å²) in [5.74, 6) is -0.0197. The maximum atomic E-state index is 12.5. The lowest BCUT2D eigenvalue weighted by Gasteiger charge is -2.33. The number of thiophene rings is 2. The van der Waals surface area contributed by atoms with Gasteiger partial charge in [-0.15, -0.1) is 22.7 Å². The normalized spacial score (nSPS) is 16.7. The predicted molar refractivity (Wildman–Crippen MR) is 93.0 cm³/mol. The number of piperazine rings is 1. The SMILES string of the molecule is Cc1ccsc1C(=O)N1CCN(S(=O)(=O)c2ccc(Cl)s2)CC1. The maximum absolute atomic E-state index is 12.5. The summed E-state index contributed by atoms with van der Waals surface area (Å²) in [4.78, 5) is 14.9. The van der Waals surface area contributed by atoms with E-state index < -0.39 is 10.0 Å². The fraction of sp³-hybridized carbons (Fsp3) is 0.357. The second-order valence-electron chi connectivity index (χ2n) is 5.19. The summed E-state index contributed by atoms with van der Waals surface area (Å²) >= 11 is 8.30. The smallest absolute Gasteiger partial charge is 0.264 e. The van der Waals surface area contributed by atoms with Gasteiger partial charge < -0.3 is 4.90 Å². The largest absolute Gasteiger partial charge is 0.335 e. The van der Waals surface area contributed by atoms with Gasteiger partial charge in [0.25, 0.3) is 15.9 Å². The van der Waals surface area contributed by atoms with Crippen LogP contribution in [0, 0.1) is 6.92 Å². The van der Waals surface area contributed by atoms with Crippen molar-refractivity contribution in [2.45, 2.75) is 11.1 Å². The molecule has 1 fully saturated rings. The van der Waals surface area contributed by atoms with Crippen LogP contribution < -0.4 is 0 Å². The Kier molecular flexibility index (Phi) is 4.80. The summed E-state index contributed by atoms with van der Waals surface area (Å²) < 4.78 is 27.2. The van der Waals surface area contributed by atoms with Crippen molar-refractivity contribution >= 4 is 50.2 Å². The third-order valence-corrected chi connectivity index (χ3v) is 8.33. The van der Waals surface area contributed by atoms with E-state index in [1.165, 1.54) is 21.7 Å². The molecule has 0 unspecified atom stereocenters. The fourth-order valence-electron chi connectivity index (χ4n) is 2.43. The van der Waals surface area contributed by atoms with Gasteiger partial charge in [-0.1, -0.05) is 11.6 Å². The van der Waals surface area contributed by atoms with Crippen LogP contribution in [-0.4, -0.2) is 49.7 Å². The number of hydrogen-bond donors (Lipinski definition) is 0. The molecule has 2 aromatic heterocycles. The Balaban J connectivity index is 1.69. The molecule has 3 rings (SSSR count). The zero-order chi connectivity index (χ0) is 16.6. The Labute approximate surface area is 148 Å². The van der Waals surface area contributed by atoms with Gasteiger partial charge in [0.2, 0.25) is 0 Å². The number of rotatable bonds is 3. The minimum Gasteiger partial charge on any atom is -0.335 e. The highest BCUT2D eigenvalue weighted by molar-refractivity contribution is 7.91. The highest BCUT2D eigenvalue weighted by Gasteiger charge is 2.31. The molecule has 124 valence electrons. The summed E-state index contributed by atoms with van der Waals surface area (Å²) in [6.45, 7) is 3.30. The molecule has 1 aliphatic heterocycles. The van der Waals surface area contributed by atoms with Gasteiger partial charge in [0.1, 0.15) is 4.21 Å². The van der Waals surface area contributed by atoms with Gasteiger partial charge in [0, 0.05) is 26.2 Å². The standard InChI is InChI=1S/C14H15ClN2O3S3/c1-10-4-9-21-13(10)14(18)16-5-7-17(8-6-16)23(19,20)12-3-2-11(15)22-12/h2-4,9H,5-8H2,1H3. The van der Waals surface area contributed by atoms with E-state index in [0.29, 0.717) is 30.5 Å². The number of halogens is 1. The molecular weight excluding hydrogens is 376 g/mol. The average molecular weight is 391 g/mol. The lowest BCUT2D eigenvalue weighted by Crippen LogP contribution is -2.50. The van der Waals surface area contributed by atoms with Gasteiger partial charge >= 0.3 is 0 Å². The van der Waals surface area contributed by atoms with Gasteiger partial charge in [0.15, 0.2) is 0 Å². The summed E-state index contributed by atoms with van der Waals surface area (Å²) in [5, 5.41) is 1.89. The molecule has 9 heteroatoms. The lowest BCUT2D eigenvalue weighted by molar-refractivity contribution is 0.0702. The van der Waals surface area contributed by atoms with E-state index in [2.05, 4.69) is 0 Å². The van der Waals surface area contributed by atoms with Crippen molar-refractivity contribution in [3.05, 3.63) is 38.4 Å². The molecule has 0 aliphatic carbocycles. The van der Waals surface area contributed by atoms with E-state index in [4.69, 9.17) is 11.6 Å². The quantitative estimate of drug-likeness (QED) is 0.809. The van der Waals surface area contributed by atoms with Crippen molar-refractivity contribution in [3.63, 3.8) is 0 Å². The molecule has 5 nitrogen and oxygen atoms in total. The van der Waals surface area contributed by atoms with Gasteiger partial charge in [-0.05, 0) is 36.1 Å². The summed E-state index contributed by atoms with van der Waals surface area (Å²) in [5.41, 5.74) is 0.961. The van der Waals surface area contributed by atoms with E-state index in [9.17, 15) is 13.2 Å². The Morgan fingerprint density at radius 2 is 1.87 bits per heavy atom. The maximum Gasteiger partial charge on any atom is 0.264 e. The van der Waals surface area contributed by atoms with Gasteiger partial charge in [0.05, 0.1) is 9.21 Å². The van der Waals surface area contributed by atoms with E-state index in [1.807, 2.05) is 18.4 Å². The van der Waals surface area contributed by atoms with Crippen LogP contribution in [0.4, 0.5) is 0 Å². The Hall–Kier alpha value is -0.930. The molecule has 1 aliphatic rings. The molecule has 0 saturated carbocycles. The monoisotopic (exact) mass is 390 g/mol.